The molecule has 1 heterocycles. The van der Waals surface area contributed by atoms with E-state index in [0.29, 0.717) is 32.1 Å². The summed E-state index contributed by atoms with van der Waals surface area (Å²) in [4.78, 5) is 26.5. The first kappa shape index (κ1) is 13.0. The number of piperazine rings is 1. The Labute approximate surface area is 101 Å². The predicted molar refractivity (Wildman–Crippen MR) is 63.3 cm³/mol. The van der Waals surface area contributed by atoms with Gasteiger partial charge in [-0.15, -0.1) is 11.6 Å². The SMILES string of the molecule is CCCN1CCN(C/C=C/CCl)C(=O)C1=O. The monoisotopic (exact) mass is 244 g/mol. The van der Waals surface area contributed by atoms with Crippen molar-refractivity contribution in [1.29, 1.82) is 0 Å². The molecule has 0 aromatic heterocycles. The van der Waals surface area contributed by atoms with Gasteiger partial charge in [0.1, 0.15) is 0 Å². The third kappa shape index (κ3) is 3.23. The van der Waals surface area contributed by atoms with Crippen molar-refractivity contribution in [3.05, 3.63) is 12.2 Å². The van der Waals surface area contributed by atoms with Crippen LogP contribution >= 0.6 is 11.6 Å². The van der Waals surface area contributed by atoms with Crippen molar-refractivity contribution < 1.29 is 9.59 Å². The average Bonchev–Trinajstić information content (AvgIpc) is 2.28. The molecule has 16 heavy (non-hydrogen) atoms. The molecule has 1 saturated heterocycles. The summed E-state index contributed by atoms with van der Waals surface area (Å²) in [5.74, 6) is -0.357. The zero-order valence-electron chi connectivity index (χ0n) is 9.49. The zero-order chi connectivity index (χ0) is 12.0. The van der Waals surface area contributed by atoms with Crippen LogP contribution in [0.25, 0.3) is 0 Å². The van der Waals surface area contributed by atoms with Crippen molar-refractivity contribution in [3.8, 4) is 0 Å². The van der Waals surface area contributed by atoms with Gasteiger partial charge in [-0.25, -0.2) is 0 Å². The highest BCUT2D eigenvalue weighted by Crippen LogP contribution is 2.05. The fourth-order valence-corrected chi connectivity index (χ4v) is 1.76. The molecule has 1 fully saturated rings. The Morgan fingerprint density at radius 3 is 2.44 bits per heavy atom. The van der Waals surface area contributed by atoms with Crippen LogP contribution in [0.2, 0.25) is 0 Å². The topological polar surface area (TPSA) is 40.6 Å². The lowest BCUT2D eigenvalue weighted by atomic mass is 10.2. The quantitative estimate of drug-likeness (QED) is 0.409. The minimum absolute atomic E-state index is 0.382. The van der Waals surface area contributed by atoms with Crippen molar-refractivity contribution in [3.63, 3.8) is 0 Å². The van der Waals surface area contributed by atoms with E-state index in [0.717, 1.165) is 6.42 Å². The largest absolute Gasteiger partial charge is 0.333 e. The van der Waals surface area contributed by atoms with Gasteiger partial charge in [0.25, 0.3) is 0 Å². The van der Waals surface area contributed by atoms with E-state index in [2.05, 4.69) is 0 Å². The number of hydrogen-bond acceptors (Lipinski definition) is 2. The van der Waals surface area contributed by atoms with Crippen molar-refractivity contribution in [2.45, 2.75) is 13.3 Å². The van der Waals surface area contributed by atoms with Gasteiger partial charge < -0.3 is 9.80 Å². The van der Waals surface area contributed by atoms with E-state index in [4.69, 9.17) is 11.6 Å². The smallest absolute Gasteiger partial charge is 0.312 e. The van der Waals surface area contributed by atoms with Crippen LogP contribution in [0.15, 0.2) is 12.2 Å². The molecule has 5 heteroatoms. The van der Waals surface area contributed by atoms with Gasteiger partial charge in [-0.2, -0.15) is 0 Å². The Kier molecular flexibility index (Phi) is 5.32. The Bertz CT molecular complexity index is 292. The van der Waals surface area contributed by atoms with Gasteiger partial charge in [0, 0.05) is 32.1 Å². The molecule has 0 saturated carbocycles. The molecule has 0 atom stereocenters. The summed E-state index contributed by atoms with van der Waals surface area (Å²) < 4.78 is 0. The second-order valence-electron chi connectivity index (χ2n) is 3.67. The van der Waals surface area contributed by atoms with E-state index in [9.17, 15) is 9.59 Å². The van der Waals surface area contributed by atoms with Crippen LogP contribution in [0.5, 0.6) is 0 Å². The minimum atomic E-state index is -0.404. The number of carbonyl (C=O) groups is 2. The third-order valence-electron chi connectivity index (χ3n) is 2.47. The van der Waals surface area contributed by atoms with Crippen LogP contribution in [-0.2, 0) is 9.59 Å². The summed E-state index contributed by atoms with van der Waals surface area (Å²) >= 11 is 5.48. The van der Waals surface area contributed by atoms with Gasteiger partial charge in [-0.3, -0.25) is 9.59 Å². The van der Waals surface area contributed by atoms with Crippen LogP contribution in [0, 0.1) is 0 Å². The van der Waals surface area contributed by atoms with Crippen LogP contribution in [0.3, 0.4) is 0 Å². The van der Waals surface area contributed by atoms with E-state index < -0.39 is 5.91 Å². The van der Waals surface area contributed by atoms with E-state index in [1.54, 1.807) is 15.9 Å². The van der Waals surface area contributed by atoms with Crippen molar-refractivity contribution in [2.75, 3.05) is 32.1 Å². The first-order chi connectivity index (χ1) is 7.70. The number of rotatable bonds is 5. The normalized spacial score (nSPS) is 17.6. The fourth-order valence-electron chi connectivity index (χ4n) is 1.64. The number of carbonyl (C=O) groups excluding carboxylic acids is 2. The predicted octanol–water partition coefficient (Wildman–Crippen LogP) is 0.862. The fraction of sp³-hybridized carbons (Fsp3) is 0.636. The number of allylic oxidation sites excluding steroid dienone is 1. The molecule has 0 radical (unpaired) electrons. The van der Waals surface area contributed by atoms with Crippen LogP contribution < -0.4 is 0 Å². The summed E-state index contributed by atoms with van der Waals surface area (Å²) in [6.45, 7) is 4.37. The van der Waals surface area contributed by atoms with Gasteiger partial charge in [0.15, 0.2) is 0 Å². The van der Waals surface area contributed by atoms with Gasteiger partial charge in [-0.05, 0) is 6.42 Å². The molecule has 0 N–H and O–H groups in total. The number of alkyl halides is 1. The molecular formula is C11H17ClN2O2. The highest BCUT2D eigenvalue weighted by molar-refractivity contribution is 6.35. The van der Waals surface area contributed by atoms with Crippen LogP contribution in [-0.4, -0.2) is 53.7 Å². The molecule has 0 unspecified atom stereocenters. The van der Waals surface area contributed by atoms with Gasteiger partial charge in [0.05, 0.1) is 0 Å². The maximum Gasteiger partial charge on any atom is 0.312 e. The summed E-state index contributed by atoms with van der Waals surface area (Å²) in [5, 5.41) is 0. The van der Waals surface area contributed by atoms with Gasteiger partial charge in [-0.1, -0.05) is 19.1 Å². The second kappa shape index (κ2) is 6.53. The molecule has 1 rings (SSSR count). The zero-order valence-corrected chi connectivity index (χ0v) is 10.2. The van der Waals surface area contributed by atoms with E-state index in [1.165, 1.54) is 0 Å². The van der Waals surface area contributed by atoms with Gasteiger partial charge >= 0.3 is 11.8 Å². The number of hydrogen-bond donors (Lipinski definition) is 0. The molecular weight excluding hydrogens is 228 g/mol. The first-order valence-corrected chi connectivity index (χ1v) is 6.03. The Balaban J connectivity index is 2.51. The summed E-state index contributed by atoms with van der Waals surface area (Å²) in [6, 6.07) is 0. The molecule has 0 aromatic rings. The number of halogens is 1. The summed E-state index contributed by atoms with van der Waals surface area (Å²) in [7, 11) is 0. The molecule has 2 amide bonds. The van der Waals surface area contributed by atoms with Crippen LogP contribution in [0.1, 0.15) is 13.3 Å². The van der Waals surface area contributed by atoms with Crippen molar-refractivity contribution in [2.24, 2.45) is 0 Å². The van der Waals surface area contributed by atoms with Crippen molar-refractivity contribution in [1.82, 2.24) is 9.80 Å². The summed E-state index contributed by atoms with van der Waals surface area (Å²) in [5.41, 5.74) is 0. The van der Waals surface area contributed by atoms with E-state index in [1.807, 2.05) is 13.0 Å². The minimum Gasteiger partial charge on any atom is -0.333 e. The Morgan fingerprint density at radius 1 is 1.19 bits per heavy atom. The Morgan fingerprint density at radius 2 is 1.81 bits per heavy atom. The molecule has 0 aromatic carbocycles. The summed E-state index contributed by atoms with van der Waals surface area (Å²) in [6.07, 6.45) is 4.47. The lowest BCUT2D eigenvalue weighted by Crippen LogP contribution is -2.54. The lowest BCUT2D eigenvalue weighted by Gasteiger charge is -2.32. The van der Waals surface area contributed by atoms with Crippen molar-refractivity contribution >= 4 is 23.4 Å². The maximum absolute atomic E-state index is 11.7. The number of amides is 2. The molecule has 1 aliphatic heterocycles. The molecule has 0 spiro atoms. The standard InChI is InChI=1S/C11H17ClN2O2/c1-2-6-13-8-9-14(7-4-3-5-12)11(16)10(13)15/h3-4H,2,5-9H2,1H3/b4-3+. The van der Waals surface area contributed by atoms with Crippen LogP contribution in [0.4, 0.5) is 0 Å². The highest BCUT2D eigenvalue weighted by atomic mass is 35.5. The second-order valence-corrected chi connectivity index (χ2v) is 3.98. The number of nitrogens with zero attached hydrogens (tertiary/aromatic N) is 2. The van der Waals surface area contributed by atoms with E-state index in [-0.39, 0.29) is 5.91 Å². The highest BCUT2D eigenvalue weighted by Gasteiger charge is 2.30. The third-order valence-corrected chi connectivity index (χ3v) is 2.65. The van der Waals surface area contributed by atoms with Gasteiger partial charge in [0.2, 0.25) is 0 Å². The molecule has 90 valence electrons. The maximum atomic E-state index is 11.7. The molecule has 1 aliphatic rings. The lowest BCUT2D eigenvalue weighted by molar-refractivity contribution is -0.155. The molecule has 4 nitrogen and oxygen atoms in total. The Hall–Kier alpha value is -1.03. The average molecular weight is 245 g/mol. The molecule has 0 aliphatic carbocycles. The first-order valence-electron chi connectivity index (χ1n) is 5.49. The molecule has 0 bridgehead atoms. The van der Waals surface area contributed by atoms with E-state index >= 15 is 0 Å².